The first-order valence-corrected chi connectivity index (χ1v) is 9.61. The Labute approximate surface area is 174 Å². The van der Waals surface area contributed by atoms with E-state index in [1.54, 1.807) is 32.2 Å². The Bertz CT molecular complexity index is 1020. The number of fused-ring (bicyclic) bond motifs is 1. The van der Waals surface area contributed by atoms with Crippen molar-refractivity contribution in [1.82, 2.24) is 15.1 Å². The predicted molar refractivity (Wildman–Crippen MR) is 108 cm³/mol. The van der Waals surface area contributed by atoms with E-state index in [0.717, 1.165) is 16.0 Å². The zero-order valence-corrected chi connectivity index (χ0v) is 17.1. The van der Waals surface area contributed by atoms with Gasteiger partial charge in [0.25, 0.3) is 5.91 Å². The molecule has 156 valence electrons. The molecule has 0 saturated carbocycles. The minimum absolute atomic E-state index is 0.115. The van der Waals surface area contributed by atoms with Crippen molar-refractivity contribution >= 4 is 17.8 Å². The standard InChI is InChI=1S/C22H23N3O5/c1-14-4-6-15(7-5-14)11-24(3)19(26)12-25-20(27)22(2,23-21(25)28)16-8-9-17-18(10-16)30-13-29-17/h4-10H,11-13H2,1-3H3,(H,23,28)/t22-/m0/s1. The summed E-state index contributed by atoms with van der Waals surface area (Å²) in [4.78, 5) is 40.8. The molecule has 4 amide bonds. The lowest BCUT2D eigenvalue weighted by atomic mass is 9.91. The fourth-order valence-electron chi connectivity index (χ4n) is 3.56. The number of carbonyl (C=O) groups excluding carboxylic acids is 3. The maximum absolute atomic E-state index is 13.1. The molecule has 1 saturated heterocycles. The number of likely N-dealkylation sites (N-methyl/N-ethyl adjacent to an activating group) is 1. The SMILES string of the molecule is Cc1ccc(CN(C)C(=O)CN2C(=O)N[C@@](C)(c3ccc4c(c3)OCO4)C2=O)cc1. The predicted octanol–water partition coefficient (Wildman–Crippen LogP) is 2.15. The second-order valence-corrected chi connectivity index (χ2v) is 7.75. The van der Waals surface area contributed by atoms with Gasteiger partial charge in [-0.25, -0.2) is 4.79 Å². The van der Waals surface area contributed by atoms with Crippen molar-refractivity contribution in [3.8, 4) is 11.5 Å². The molecule has 2 heterocycles. The molecule has 0 aliphatic carbocycles. The van der Waals surface area contributed by atoms with E-state index in [1.165, 1.54) is 4.90 Å². The van der Waals surface area contributed by atoms with E-state index in [0.29, 0.717) is 23.6 Å². The molecule has 2 aromatic carbocycles. The van der Waals surface area contributed by atoms with Crippen LogP contribution in [-0.4, -0.2) is 48.0 Å². The summed E-state index contributed by atoms with van der Waals surface area (Å²) in [5.41, 5.74) is 1.38. The Balaban J connectivity index is 1.47. The second-order valence-electron chi connectivity index (χ2n) is 7.75. The highest BCUT2D eigenvalue weighted by atomic mass is 16.7. The molecule has 2 aliphatic rings. The van der Waals surface area contributed by atoms with Crippen molar-refractivity contribution < 1.29 is 23.9 Å². The van der Waals surface area contributed by atoms with Gasteiger partial charge in [-0.2, -0.15) is 0 Å². The third kappa shape index (κ3) is 3.45. The van der Waals surface area contributed by atoms with E-state index in [4.69, 9.17) is 9.47 Å². The van der Waals surface area contributed by atoms with Crippen molar-refractivity contribution in [2.45, 2.75) is 25.9 Å². The Hall–Kier alpha value is -3.55. The van der Waals surface area contributed by atoms with Crippen molar-refractivity contribution in [2.75, 3.05) is 20.4 Å². The Morgan fingerprint density at radius 3 is 2.57 bits per heavy atom. The molecule has 2 aromatic rings. The molecule has 8 nitrogen and oxygen atoms in total. The molecule has 2 aliphatic heterocycles. The van der Waals surface area contributed by atoms with Crippen LogP contribution in [0.4, 0.5) is 4.79 Å². The van der Waals surface area contributed by atoms with Gasteiger partial charge in [-0.3, -0.25) is 14.5 Å². The van der Waals surface area contributed by atoms with E-state index in [-0.39, 0.29) is 19.2 Å². The minimum Gasteiger partial charge on any atom is -0.454 e. The second kappa shape index (κ2) is 7.37. The number of benzene rings is 2. The van der Waals surface area contributed by atoms with Gasteiger partial charge in [0.15, 0.2) is 11.5 Å². The largest absolute Gasteiger partial charge is 0.454 e. The van der Waals surface area contributed by atoms with Crippen LogP contribution >= 0.6 is 0 Å². The maximum Gasteiger partial charge on any atom is 0.325 e. The van der Waals surface area contributed by atoms with Gasteiger partial charge in [-0.15, -0.1) is 0 Å². The summed E-state index contributed by atoms with van der Waals surface area (Å²) < 4.78 is 10.7. The Morgan fingerprint density at radius 2 is 1.83 bits per heavy atom. The minimum atomic E-state index is -1.28. The number of hydrogen-bond acceptors (Lipinski definition) is 5. The number of carbonyl (C=O) groups is 3. The van der Waals surface area contributed by atoms with E-state index in [9.17, 15) is 14.4 Å². The van der Waals surface area contributed by atoms with Gasteiger partial charge in [0.05, 0.1) is 0 Å². The third-order valence-corrected chi connectivity index (χ3v) is 5.48. The van der Waals surface area contributed by atoms with Crippen LogP contribution in [0.15, 0.2) is 42.5 Å². The first kappa shape index (κ1) is 19.8. The van der Waals surface area contributed by atoms with Gasteiger partial charge in [-0.1, -0.05) is 35.9 Å². The van der Waals surface area contributed by atoms with Crippen LogP contribution in [0, 0.1) is 6.92 Å². The van der Waals surface area contributed by atoms with E-state index in [2.05, 4.69) is 5.32 Å². The smallest absolute Gasteiger partial charge is 0.325 e. The molecular weight excluding hydrogens is 386 g/mol. The van der Waals surface area contributed by atoms with Crippen LogP contribution in [0.3, 0.4) is 0 Å². The van der Waals surface area contributed by atoms with Crippen molar-refractivity contribution in [2.24, 2.45) is 0 Å². The maximum atomic E-state index is 13.1. The number of hydrogen-bond donors (Lipinski definition) is 1. The monoisotopic (exact) mass is 409 g/mol. The molecule has 1 atom stereocenters. The normalized spacial score (nSPS) is 19.8. The molecular formula is C22H23N3O5. The van der Waals surface area contributed by atoms with Crippen LogP contribution in [0.25, 0.3) is 0 Å². The van der Waals surface area contributed by atoms with E-state index in [1.807, 2.05) is 31.2 Å². The molecule has 1 N–H and O–H groups in total. The summed E-state index contributed by atoms with van der Waals surface area (Å²) in [5.74, 6) is 0.296. The van der Waals surface area contributed by atoms with Gasteiger partial charge in [0.1, 0.15) is 12.1 Å². The number of imide groups is 1. The molecule has 4 rings (SSSR count). The van der Waals surface area contributed by atoms with Crippen LogP contribution < -0.4 is 14.8 Å². The highest BCUT2D eigenvalue weighted by molar-refractivity contribution is 6.09. The number of urea groups is 1. The number of rotatable bonds is 5. The molecule has 0 aromatic heterocycles. The lowest BCUT2D eigenvalue weighted by Crippen LogP contribution is -2.43. The molecule has 8 heteroatoms. The molecule has 0 spiro atoms. The number of ether oxygens (including phenoxy) is 2. The summed E-state index contributed by atoms with van der Waals surface area (Å²) in [6, 6.07) is 12.3. The Morgan fingerprint density at radius 1 is 1.13 bits per heavy atom. The molecule has 0 radical (unpaired) electrons. The lowest BCUT2D eigenvalue weighted by molar-refractivity contribution is -0.138. The summed E-state index contributed by atoms with van der Waals surface area (Å²) in [7, 11) is 1.65. The van der Waals surface area contributed by atoms with Crippen LogP contribution in [0.1, 0.15) is 23.6 Å². The molecule has 0 bridgehead atoms. The number of amides is 4. The fourth-order valence-corrected chi connectivity index (χ4v) is 3.56. The molecule has 0 unspecified atom stereocenters. The lowest BCUT2D eigenvalue weighted by Gasteiger charge is -2.23. The van der Waals surface area contributed by atoms with Crippen LogP contribution in [0.2, 0.25) is 0 Å². The van der Waals surface area contributed by atoms with Crippen LogP contribution in [0.5, 0.6) is 11.5 Å². The summed E-state index contributed by atoms with van der Waals surface area (Å²) in [6.07, 6.45) is 0. The quantitative estimate of drug-likeness (QED) is 0.765. The van der Waals surface area contributed by atoms with E-state index >= 15 is 0 Å². The van der Waals surface area contributed by atoms with Crippen molar-refractivity contribution in [3.63, 3.8) is 0 Å². The topological polar surface area (TPSA) is 88.2 Å². The van der Waals surface area contributed by atoms with Gasteiger partial charge >= 0.3 is 6.03 Å². The van der Waals surface area contributed by atoms with Crippen LogP contribution in [-0.2, 0) is 21.7 Å². The summed E-state index contributed by atoms with van der Waals surface area (Å²) in [6.45, 7) is 3.79. The summed E-state index contributed by atoms with van der Waals surface area (Å²) in [5, 5.41) is 2.71. The zero-order valence-electron chi connectivity index (χ0n) is 17.1. The fraction of sp³-hybridized carbons (Fsp3) is 0.318. The van der Waals surface area contributed by atoms with E-state index < -0.39 is 17.5 Å². The first-order chi connectivity index (χ1) is 14.3. The number of nitrogens with zero attached hydrogens (tertiary/aromatic N) is 2. The molecule has 1 fully saturated rings. The highest BCUT2D eigenvalue weighted by Crippen LogP contribution is 2.37. The van der Waals surface area contributed by atoms with Gasteiger partial charge in [0.2, 0.25) is 12.7 Å². The summed E-state index contributed by atoms with van der Waals surface area (Å²) >= 11 is 0. The highest BCUT2D eigenvalue weighted by Gasteiger charge is 2.50. The number of aryl methyl sites for hydroxylation is 1. The molecule has 30 heavy (non-hydrogen) atoms. The third-order valence-electron chi connectivity index (χ3n) is 5.48. The average molecular weight is 409 g/mol. The van der Waals surface area contributed by atoms with Crippen molar-refractivity contribution in [3.05, 3.63) is 59.2 Å². The van der Waals surface area contributed by atoms with Gasteiger partial charge in [0, 0.05) is 13.6 Å². The van der Waals surface area contributed by atoms with Gasteiger partial charge < -0.3 is 19.7 Å². The van der Waals surface area contributed by atoms with Crippen molar-refractivity contribution in [1.29, 1.82) is 0 Å². The first-order valence-electron chi connectivity index (χ1n) is 9.61. The zero-order chi connectivity index (χ0) is 21.5. The number of nitrogens with one attached hydrogen (secondary N) is 1. The average Bonchev–Trinajstić information content (AvgIpc) is 3.28. The van der Waals surface area contributed by atoms with Gasteiger partial charge in [-0.05, 0) is 37.1 Å². The Kier molecular flexibility index (Phi) is 4.85.